The van der Waals surface area contributed by atoms with E-state index in [9.17, 15) is 0 Å². The van der Waals surface area contributed by atoms with Crippen molar-refractivity contribution < 1.29 is 12.0 Å². The minimum Gasteiger partial charge on any atom is -0.396 e. The van der Waals surface area contributed by atoms with Crippen LogP contribution in [0.25, 0.3) is 0 Å². The Morgan fingerprint density at radius 3 is 1.35 bits per heavy atom. The maximum Gasteiger partial charge on any atom is 0.0431 e. The van der Waals surface area contributed by atoms with Crippen LogP contribution in [0, 0.1) is 0 Å². The van der Waals surface area contributed by atoms with Gasteiger partial charge < -0.3 is 5.11 Å². The van der Waals surface area contributed by atoms with Crippen molar-refractivity contribution in [3.8, 4) is 0 Å². The standard InChI is InChI=1S/C16H34O/c1-2-3-4-5-6-7-8-9-10-11-12-13-14-15-16-17/h17H,2-16H2,1H3/i1D3,2D2. The van der Waals surface area contributed by atoms with Gasteiger partial charge in [0, 0.05) is 13.5 Å². The lowest BCUT2D eigenvalue weighted by Crippen LogP contribution is -1.84. The molecule has 0 atom stereocenters. The maximum absolute atomic E-state index is 8.66. The first kappa shape index (κ1) is 9.83. The fraction of sp³-hybridized carbons (Fsp3) is 1.00. The molecule has 0 aliphatic rings. The summed E-state index contributed by atoms with van der Waals surface area (Å²) in [5.41, 5.74) is 0. The number of aliphatic hydroxyl groups excluding tert-OH is 1. The Balaban J connectivity index is 3.28. The van der Waals surface area contributed by atoms with Crippen molar-refractivity contribution in [2.45, 2.75) is 96.7 Å². The second kappa shape index (κ2) is 16.0. The van der Waals surface area contributed by atoms with E-state index in [1.54, 1.807) is 0 Å². The Labute approximate surface area is 116 Å². The monoisotopic (exact) mass is 247 g/mol. The van der Waals surface area contributed by atoms with E-state index >= 15 is 0 Å². The van der Waals surface area contributed by atoms with E-state index < -0.39 is 13.2 Å². The SMILES string of the molecule is [2H]C([2H])([2H])C([2H])([2H])CCCCCCCCCCCCCCO. The Morgan fingerprint density at radius 1 is 0.647 bits per heavy atom. The molecule has 1 heteroatoms. The van der Waals surface area contributed by atoms with Crippen molar-refractivity contribution in [3.05, 3.63) is 0 Å². The van der Waals surface area contributed by atoms with Crippen LogP contribution >= 0.6 is 0 Å². The Hall–Kier alpha value is -0.0400. The van der Waals surface area contributed by atoms with E-state index in [1.807, 2.05) is 0 Å². The smallest absolute Gasteiger partial charge is 0.0431 e. The summed E-state index contributed by atoms with van der Waals surface area (Å²) < 4.78 is 36.5. The summed E-state index contributed by atoms with van der Waals surface area (Å²) in [6.45, 7) is -2.18. The molecule has 0 saturated heterocycles. The molecule has 0 bridgehead atoms. The van der Waals surface area contributed by atoms with Gasteiger partial charge in [-0.05, 0) is 6.42 Å². The summed E-state index contributed by atoms with van der Waals surface area (Å²) >= 11 is 0. The molecule has 1 nitrogen and oxygen atoms in total. The molecule has 1 N–H and O–H groups in total. The second-order valence-electron chi connectivity index (χ2n) is 4.89. The molecular weight excluding hydrogens is 208 g/mol. The number of aliphatic hydroxyl groups is 1. The van der Waals surface area contributed by atoms with Gasteiger partial charge in [-0.15, -0.1) is 0 Å². The number of hydrogen-bond acceptors (Lipinski definition) is 1. The summed E-state index contributed by atoms with van der Waals surface area (Å²) in [6.07, 6.45) is 11.5. The fourth-order valence-electron chi connectivity index (χ4n) is 2.09. The van der Waals surface area contributed by atoms with Crippen molar-refractivity contribution in [2.24, 2.45) is 0 Å². The molecule has 104 valence electrons. The van der Waals surface area contributed by atoms with Crippen molar-refractivity contribution >= 4 is 0 Å². The van der Waals surface area contributed by atoms with Gasteiger partial charge in [0.05, 0.1) is 0 Å². The van der Waals surface area contributed by atoms with Gasteiger partial charge in [-0.1, -0.05) is 90.3 Å². The molecule has 0 aromatic rings. The minimum atomic E-state index is -2.50. The molecule has 0 radical (unpaired) electrons. The predicted octanol–water partition coefficient (Wildman–Crippen LogP) is 5.46. The minimum absolute atomic E-state index is 0.136. The lowest BCUT2D eigenvalue weighted by atomic mass is 10.0. The third kappa shape index (κ3) is 16.0. The van der Waals surface area contributed by atoms with E-state index in [0.717, 1.165) is 25.7 Å². The summed E-state index contributed by atoms with van der Waals surface area (Å²) in [5.74, 6) is 0. The molecule has 0 aliphatic heterocycles. The van der Waals surface area contributed by atoms with Crippen LogP contribution in [0.2, 0.25) is 0 Å². The van der Waals surface area contributed by atoms with E-state index in [-0.39, 0.29) is 6.42 Å². The van der Waals surface area contributed by atoms with E-state index in [4.69, 9.17) is 12.0 Å². The van der Waals surface area contributed by atoms with Crippen LogP contribution in [0.5, 0.6) is 0 Å². The van der Waals surface area contributed by atoms with Gasteiger partial charge in [-0.25, -0.2) is 0 Å². The maximum atomic E-state index is 8.66. The third-order valence-corrected chi connectivity index (χ3v) is 3.21. The number of hydrogen-bond donors (Lipinski definition) is 1. The molecule has 0 spiro atoms. The molecule has 0 rings (SSSR count). The zero-order valence-corrected chi connectivity index (χ0v) is 11.3. The topological polar surface area (TPSA) is 20.2 Å². The van der Waals surface area contributed by atoms with Crippen LogP contribution in [0.1, 0.15) is 104 Å². The normalized spacial score (nSPS) is 16.9. The zero-order valence-electron chi connectivity index (χ0n) is 16.3. The fourth-order valence-corrected chi connectivity index (χ4v) is 2.09. The summed E-state index contributed by atoms with van der Waals surface area (Å²) in [5, 5.41) is 8.66. The van der Waals surface area contributed by atoms with Gasteiger partial charge in [0.25, 0.3) is 0 Å². The van der Waals surface area contributed by atoms with Crippen LogP contribution in [0.3, 0.4) is 0 Å². The lowest BCUT2D eigenvalue weighted by molar-refractivity contribution is 0.282. The third-order valence-electron chi connectivity index (χ3n) is 3.21. The molecule has 17 heavy (non-hydrogen) atoms. The zero-order chi connectivity index (χ0) is 16.9. The quantitative estimate of drug-likeness (QED) is 0.404. The Morgan fingerprint density at radius 2 is 1.00 bits per heavy atom. The number of unbranched alkanes of at least 4 members (excludes halogenated alkanes) is 11. The van der Waals surface area contributed by atoms with Gasteiger partial charge in [-0.3, -0.25) is 0 Å². The predicted molar refractivity (Wildman–Crippen MR) is 77.4 cm³/mol. The van der Waals surface area contributed by atoms with E-state index in [0.29, 0.717) is 13.0 Å². The molecule has 0 saturated carbocycles. The first-order valence-corrected chi connectivity index (χ1v) is 7.42. The Bertz CT molecular complexity index is 253. The average molecular weight is 247 g/mol. The van der Waals surface area contributed by atoms with Crippen LogP contribution in [0.4, 0.5) is 0 Å². The molecule has 0 fully saturated rings. The number of rotatable bonds is 14. The van der Waals surface area contributed by atoms with E-state index in [2.05, 4.69) is 0 Å². The highest BCUT2D eigenvalue weighted by Gasteiger charge is 1.93. The lowest BCUT2D eigenvalue weighted by Gasteiger charge is -2.02. The highest BCUT2D eigenvalue weighted by atomic mass is 16.2. The van der Waals surface area contributed by atoms with Crippen molar-refractivity contribution in [2.75, 3.05) is 6.61 Å². The van der Waals surface area contributed by atoms with Crippen molar-refractivity contribution in [3.63, 3.8) is 0 Å². The highest BCUT2D eigenvalue weighted by molar-refractivity contribution is 4.48. The van der Waals surface area contributed by atoms with Crippen molar-refractivity contribution in [1.82, 2.24) is 0 Å². The first-order chi connectivity index (χ1) is 10.3. The molecule has 0 unspecified atom stereocenters. The Kier molecular flexibility index (Phi) is 9.23. The molecular formula is C16H34O. The van der Waals surface area contributed by atoms with Crippen molar-refractivity contribution in [1.29, 1.82) is 0 Å². The van der Waals surface area contributed by atoms with Gasteiger partial charge >= 0.3 is 0 Å². The van der Waals surface area contributed by atoms with Crippen LogP contribution in [0.15, 0.2) is 0 Å². The molecule has 0 aromatic heterocycles. The second-order valence-corrected chi connectivity index (χ2v) is 4.89. The molecule has 0 heterocycles. The summed E-state index contributed by atoms with van der Waals surface area (Å²) in [6, 6.07) is 0. The van der Waals surface area contributed by atoms with Gasteiger partial charge in [0.15, 0.2) is 0 Å². The van der Waals surface area contributed by atoms with Crippen LogP contribution in [-0.4, -0.2) is 11.7 Å². The summed E-state index contributed by atoms with van der Waals surface area (Å²) in [4.78, 5) is 0. The largest absolute Gasteiger partial charge is 0.396 e. The van der Waals surface area contributed by atoms with Crippen LogP contribution < -0.4 is 0 Å². The average Bonchev–Trinajstić information content (AvgIpc) is 2.42. The molecule has 0 aromatic carbocycles. The first-order valence-electron chi connectivity index (χ1n) is 9.92. The molecule has 0 aliphatic carbocycles. The van der Waals surface area contributed by atoms with Gasteiger partial charge in [-0.2, -0.15) is 0 Å². The summed E-state index contributed by atoms with van der Waals surface area (Å²) in [7, 11) is 0. The molecule has 0 amide bonds. The van der Waals surface area contributed by atoms with Gasteiger partial charge in [0.1, 0.15) is 0 Å². The highest BCUT2D eigenvalue weighted by Crippen LogP contribution is 2.12. The van der Waals surface area contributed by atoms with Crippen LogP contribution in [-0.2, 0) is 0 Å². The van der Waals surface area contributed by atoms with Gasteiger partial charge in [0.2, 0.25) is 0 Å². The van der Waals surface area contributed by atoms with E-state index in [1.165, 1.54) is 44.9 Å².